The van der Waals surface area contributed by atoms with Gasteiger partial charge < -0.3 is 10.6 Å². The molecule has 1 fully saturated rings. The smallest absolute Gasteiger partial charge is 0.244 e. The molecule has 21 heavy (non-hydrogen) atoms. The number of sulfonamides is 1. The van der Waals surface area contributed by atoms with Crippen LogP contribution in [0.3, 0.4) is 0 Å². The molecule has 0 amide bonds. The third kappa shape index (κ3) is 3.22. The van der Waals surface area contributed by atoms with E-state index < -0.39 is 10.0 Å². The largest absolute Gasteiger partial charge is 0.366 e. The number of para-hydroxylation sites is 1. The average molecular weight is 311 g/mol. The fourth-order valence-corrected chi connectivity index (χ4v) is 4.01. The molecule has 2 atom stereocenters. The van der Waals surface area contributed by atoms with E-state index in [9.17, 15) is 8.42 Å². The van der Waals surface area contributed by atoms with Crippen LogP contribution in [0.4, 0.5) is 5.69 Å². The quantitative estimate of drug-likeness (QED) is 0.918. The molecular weight excluding hydrogens is 286 g/mol. The van der Waals surface area contributed by atoms with Crippen LogP contribution in [0.1, 0.15) is 26.2 Å². The van der Waals surface area contributed by atoms with E-state index in [1.165, 1.54) is 4.31 Å². The molecule has 0 aliphatic carbocycles. The highest BCUT2D eigenvalue weighted by molar-refractivity contribution is 7.89. The minimum absolute atomic E-state index is 0.0143. The summed E-state index contributed by atoms with van der Waals surface area (Å²) in [4.78, 5) is 2.53. The molecule has 0 spiro atoms. The highest BCUT2D eigenvalue weighted by Gasteiger charge is 2.30. The number of rotatable bonds is 4. The Bertz CT molecular complexity index is 584. The van der Waals surface area contributed by atoms with Gasteiger partial charge in [0.25, 0.3) is 0 Å². The molecule has 1 aromatic rings. The number of hydrogen-bond acceptors (Lipinski definition) is 4. The van der Waals surface area contributed by atoms with Gasteiger partial charge in [0.2, 0.25) is 10.0 Å². The molecule has 0 bridgehead atoms. The second-order valence-electron chi connectivity index (χ2n) is 5.87. The van der Waals surface area contributed by atoms with Gasteiger partial charge in [0, 0.05) is 32.7 Å². The van der Waals surface area contributed by atoms with Crippen molar-refractivity contribution in [2.45, 2.75) is 43.2 Å². The maximum atomic E-state index is 12.5. The van der Waals surface area contributed by atoms with Crippen LogP contribution in [-0.2, 0) is 10.0 Å². The molecule has 1 aromatic carbocycles. The number of nitrogens with two attached hydrogens (primary N) is 1. The molecule has 1 aliphatic heterocycles. The van der Waals surface area contributed by atoms with Crippen molar-refractivity contribution in [2.24, 2.45) is 5.73 Å². The number of anilines is 1. The Morgan fingerprint density at radius 2 is 1.95 bits per heavy atom. The summed E-state index contributed by atoms with van der Waals surface area (Å²) in [7, 11) is -0.333. The SMILES string of the molecule is CC(N)C1CCCCN1c1ccccc1S(=O)(=O)N(C)C. The van der Waals surface area contributed by atoms with Gasteiger partial charge in [-0.05, 0) is 38.3 Å². The Balaban J connectivity index is 2.49. The first-order valence-corrected chi connectivity index (χ1v) is 8.83. The molecular formula is C15H25N3O2S. The molecule has 2 N–H and O–H groups in total. The zero-order chi connectivity index (χ0) is 15.6. The minimum atomic E-state index is -3.46. The van der Waals surface area contributed by atoms with E-state index >= 15 is 0 Å². The Hall–Kier alpha value is -1.11. The van der Waals surface area contributed by atoms with Crippen LogP contribution < -0.4 is 10.6 Å². The van der Waals surface area contributed by atoms with Gasteiger partial charge in [-0.1, -0.05) is 12.1 Å². The minimum Gasteiger partial charge on any atom is -0.366 e. The number of nitrogens with zero attached hydrogens (tertiary/aromatic N) is 2. The van der Waals surface area contributed by atoms with Crippen LogP contribution >= 0.6 is 0 Å². The third-order valence-corrected chi connectivity index (χ3v) is 5.95. The highest BCUT2D eigenvalue weighted by Crippen LogP contribution is 2.32. The van der Waals surface area contributed by atoms with Crippen molar-refractivity contribution in [3.05, 3.63) is 24.3 Å². The van der Waals surface area contributed by atoms with Crippen molar-refractivity contribution in [1.29, 1.82) is 0 Å². The molecule has 5 nitrogen and oxygen atoms in total. The highest BCUT2D eigenvalue weighted by atomic mass is 32.2. The molecule has 0 saturated carbocycles. The van der Waals surface area contributed by atoms with Gasteiger partial charge in [-0.15, -0.1) is 0 Å². The van der Waals surface area contributed by atoms with E-state index in [2.05, 4.69) is 4.90 Å². The maximum absolute atomic E-state index is 12.5. The zero-order valence-electron chi connectivity index (χ0n) is 13.0. The first-order chi connectivity index (χ1) is 9.85. The predicted molar refractivity (Wildman–Crippen MR) is 85.9 cm³/mol. The molecule has 0 aromatic heterocycles. The predicted octanol–water partition coefficient (Wildman–Crippen LogP) is 1.64. The van der Waals surface area contributed by atoms with Gasteiger partial charge in [0.1, 0.15) is 4.90 Å². The fraction of sp³-hybridized carbons (Fsp3) is 0.600. The van der Waals surface area contributed by atoms with Gasteiger partial charge in [-0.3, -0.25) is 0 Å². The molecule has 1 saturated heterocycles. The van der Waals surface area contributed by atoms with Crippen molar-refractivity contribution in [3.63, 3.8) is 0 Å². The van der Waals surface area contributed by atoms with Crippen molar-refractivity contribution in [2.75, 3.05) is 25.5 Å². The topological polar surface area (TPSA) is 66.6 Å². The van der Waals surface area contributed by atoms with Crippen LogP contribution in [0.25, 0.3) is 0 Å². The van der Waals surface area contributed by atoms with E-state index in [1.807, 2.05) is 19.1 Å². The van der Waals surface area contributed by atoms with Crippen LogP contribution in [-0.4, -0.2) is 45.4 Å². The van der Waals surface area contributed by atoms with Crippen molar-refractivity contribution >= 4 is 15.7 Å². The van der Waals surface area contributed by atoms with Gasteiger partial charge in [-0.25, -0.2) is 12.7 Å². The van der Waals surface area contributed by atoms with Crippen molar-refractivity contribution in [3.8, 4) is 0 Å². The fourth-order valence-electron chi connectivity index (χ4n) is 2.91. The van der Waals surface area contributed by atoms with Crippen LogP contribution in [0, 0.1) is 0 Å². The van der Waals surface area contributed by atoms with Crippen molar-refractivity contribution < 1.29 is 8.42 Å². The Labute approximate surface area is 127 Å². The molecule has 6 heteroatoms. The Morgan fingerprint density at radius 1 is 1.29 bits per heavy atom. The first-order valence-electron chi connectivity index (χ1n) is 7.39. The van der Waals surface area contributed by atoms with E-state index in [4.69, 9.17) is 5.73 Å². The standard InChI is InChI=1S/C15H25N3O2S/c1-12(16)13-8-6-7-11-18(13)14-9-4-5-10-15(14)21(19,20)17(2)3/h4-5,9-10,12-13H,6-8,11,16H2,1-3H3. The summed E-state index contributed by atoms with van der Waals surface area (Å²) in [6.45, 7) is 2.85. The molecule has 118 valence electrons. The number of benzene rings is 1. The summed E-state index contributed by atoms with van der Waals surface area (Å²) in [5, 5.41) is 0. The second-order valence-corrected chi connectivity index (χ2v) is 7.99. The summed E-state index contributed by atoms with van der Waals surface area (Å²) in [5.41, 5.74) is 6.88. The van der Waals surface area contributed by atoms with E-state index in [0.29, 0.717) is 4.90 Å². The van der Waals surface area contributed by atoms with Crippen LogP contribution in [0.2, 0.25) is 0 Å². The van der Waals surface area contributed by atoms with Crippen molar-refractivity contribution in [1.82, 2.24) is 4.31 Å². The summed E-state index contributed by atoms with van der Waals surface area (Å²) >= 11 is 0. The molecule has 2 rings (SSSR count). The zero-order valence-corrected chi connectivity index (χ0v) is 13.8. The lowest BCUT2D eigenvalue weighted by molar-refractivity contribution is 0.411. The summed E-state index contributed by atoms with van der Waals surface area (Å²) in [6.07, 6.45) is 3.22. The monoisotopic (exact) mass is 311 g/mol. The first kappa shape index (κ1) is 16.3. The molecule has 2 unspecified atom stereocenters. The lowest BCUT2D eigenvalue weighted by Gasteiger charge is -2.40. The Morgan fingerprint density at radius 3 is 2.57 bits per heavy atom. The summed E-state index contributed by atoms with van der Waals surface area (Å²) < 4.78 is 26.3. The van der Waals surface area contributed by atoms with Gasteiger partial charge >= 0.3 is 0 Å². The summed E-state index contributed by atoms with van der Waals surface area (Å²) in [6, 6.07) is 7.42. The van der Waals surface area contributed by atoms with E-state index in [1.54, 1.807) is 26.2 Å². The number of piperidine rings is 1. The third-order valence-electron chi connectivity index (χ3n) is 4.09. The molecule has 0 radical (unpaired) electrons. The molecule has 1 heterocycles. The van der Waals surface area contributed by atoms with Gasteiger partial charge in [0.15, 0.2) is 0 Å². The van der Waals surface area contributed by atoms with E-state index in [0.717, 1.165) is 31.5 Å². The van der Waals surface area contributed by atoms with Crippen LogP contribution in [0.5, 0.6) is 0 Å². The number of hydrogen-bond donors (Lipinski definition) is 1. The lowest BCUT2D eigenvalue weighted by Crippen LogP contribution is -2.49. The van der Waals surface area contributed by atoms with Crippen LogP contribution in [0.15, 0.2) is 29.2 Å². The molecule has 1 aliphatic rings. The summed E-state index contributed by atoms with van der Waals surface area (Å²) in [5.74, 6) is 0. The normalized spacial score (nSPS) is 21.6. The Kier molecular flexibility index (Phi) is 4.91. The van der Waals surface area contributed by atoms with E-state index in [-0.39, 0.29) is 12.1 Å². The van der Waals surface area contributed by atoms with Gasteiger partial charge in [-0.2, -0.15) is 0 Å². The van der Waals surface area contributed by atoms with Gasteiger partial charge in [0.05, 0.1) is 5.69 Å². The second kappa shape index (κ2) is 6.34. The average Bonchev–Trinajstić information content (AvgIpc) is 2.47. The lowest BCUT2D eigenvalue weighted by atomic mass is 9.96. The maximum Gasteiger partial charge on any atom is 0.244 e.